The molecular formula is C10H10N2. The van der Waals surface area contributed by atoms with Crippen molar-refractivity contribution in [2.24, 2.45) is 5.92 Å². The summed E-state index contributed by atoms with van der Waals surface area (Å²) in [6.45, 7) is 0.829. The van der Waals surface area contributed by atoms with E-state index < -0.39 is 0 Å². The molecule has 2 heteroatoms. The molecule has 60 valence electrons. The van der Waals surface area contributed by atoms with E-state index in [1.54, 1.807) is 0 Å². The molecule has 12 heavy (non-hydrogen) atoms. The van der Waals surface area contributed by atoms with Crippen LogP contribution in [0.25, 0.3) is 0 Å². The van der Waals surface area contributed by atoms with Gasteiger partial charge in [-0.2, -0.15) is 5.26 Å². The van der Waals surface area contributed by atoms with Gasteiger partial charge in [-0.25, -0.2) is 0 Å². The molecule has 2 atom stereocenters. The number of hydrogen-bond donors (Lipinski definition) is 1. The van der Waals surface area contributed by atoms with Gasteiger partial charge < -0.3 is 5.32 Å². The van der Waals surface area contributed by atoms with Gasteiger partial charge in [-0.1, -0.05) is 30.3 Å². The quantitative estimate of drug-likeness (QED) is 0.671. The van der Waals surface area contributed by atoms with Crippen LogP contribution in [-0.4, -0.2) is 6.54 Å². The Balaban J connectivity index is 2.17. The zero-order valence-electron chi connectivity index (χ0n) is 6.70. The maximum absolute atomic E-state index is 8.73. The maximum Gasteiger partial charge on any atom is 0.0782 e. The Labute approximate surface area is 71.8 Å². The molecule has 1 N–H and O–H groups in total. The lowest BCUT2D eigenvalue weighted by atomic mass is 9.87. The van der Waals surface area contributed by atoms with E-state index in [1.807, 2.05) is 18.2 Å². The summed E-state index contributed by atoms with van der Waals surface area (Å²) in [5.74, 6) is 0.160. The standard InChI is InChI=1S/C10H10N2/c11-6-9-7-12-10(9)8-4-2-1-3-5-8/h1-5,9-10,12H,7H2/t9?,10-/m0/s1. The summed E-state index contributed by atoms with van der Waals surface area (Å²) >= 11 is 0. The zero-order valence-corrected chi connectivity index (χ0v) is 6.70. The third-order valence-electron chi connectivity index (χ3n) is 2.28. The molecule has 0 bridgehead atoms. The minimum absolute atomic E-state index is 0.160. The first-order valence-electron chi connectivity index (χ1n) is 4.10. The van der Waals surface area contributed by atoms with Crippen molar-refractivity contribution in [2.45, 2.75) is 6.04 Å². The van der Waals surface area contributed by atoms with E-state index in [-0.39, 0.29) is 12.0 Å². The third kappa shape index (κ3) is 1.09. The Morgan fingerprint density at radius 1 is 1.33 bits per heavy atom. The van der Waals surface area contributed by atoms with E-state index >= 15 is 0 Å². The van der Waals surface area contributed by atoms with Crippen molar-refractivity contribution in [3.05, 3.63) is 35.9 Å². The summed E-state index contributed by atoms with van der Waals surface area (Å²) in [5.41, 5.74) is 1.22. The Bertz CT molecular complexity index is 299. The van der Waals surface area contributed by atoms with Crippen LogP contribution in [0.5, 0.6) is 0 Å². The van der Waals surface area contributed by atoms with E-state index in [0.717, 1.165) is 6.54 Å². The van der Waals surface area contributed by atoms with Crippen molar-refractivity contribution in [1.29, 1.82) is 5.26 Å². The molecule has 0 aromatic heterocycles. The van der Waals surface area contributed by atoms with Gasteiger partial charge >= 0.3 is 0 Å². The number of benzene rings is 1. The lowest BCUT2D eigenvalue weighted by Gasteiger charge is -2.33. The molecule has 0 aliphatic carbocycles. The van der Waals surface area contributed by atoms with Crippen LogP contribution >= 0.6 is 0 Å². The summed E-state index contributed by atoms with van der Waals surface area (Å²) in [4.78, 5) is 0. The molecule has 2 nitrogen and oxygen atoms in total. The average Bonchev–Trinajstić information content (AvgIpc) is 2.05. The average molecular weight is 158 g/mol. The number of nitrogens with zero attached hydrogens (tertiary/aromatic N) is 1. The molecule has 0 saturated carbocycles. The molecule has 1 aliphatic rings. The first-order valence-corrected chi connectivity index (χ1v) is 4.10. The van der Waals surface area contributed by atoms with Crippen LogP contribution in [-0.2, 0) is 0 Å². The molecule has 2 rings (SSSR count). The van der Waals surface area contributed by atoms with Crippen molar-refractivity contribution in [3.8, 4) is 6.07 Å². The minimum Gasteiger partial charge on any atom is -0.307 e. The minimum atomic E-state index is 0.160. The highest BCUT2D eigenvalue weighted by Crippen LogP contribution is 2.27. The highest BCUT2D eigenvalue weighted by Gasteiger charge is 2.30. The second-order valence-corrected chi connectivity index (χ2v) is 3.03. The fraction of sp³-hybridized carbons (Fsp3) is 0.300. The molecule has 1 heterocycles. The summed E-state index contributed by atoms with van der Waals surface area (Å²) < 4.78 is 0. The van der Waals surface area contributed by atoms with Crippen molar-refractivity contribution >= 4 is 0 Å². The van der Waals surface area contributed by atoms with Crippen LogP contribution in [0.2, 0.25) is 0 Å². The number of nitriles is 1. The van der Waals surface area contributed by atoms with Crippen LogP contribution in [0.3, 0.4) is 0 Å². The van der Waals surface area contributed by atoms with Crippen LogP contribution in [0.15, 0.2) is 30.3 Å². The van der Waals surface area contributed by atoms with E-state index in [1.165, 1.54) is 5.56 Å². The number of rotatable bonds is 1. The van der Waals surface area contributed by atoms with Gasteiger partial charge in [0.05, 0.1) is 12.0 Å². The fourth-order valence-electron chi connectivity index (χ4n) is 1.48. The SMILES string of the molecule is N#CC1CN[C@H]1c1ccccc1. The first kappa shape index (κ1) is 7.33. The molecule has 0 radical (unpaired) electrons. The van der Waals surface area contributed by atoms with Crippen LogP contribution in [0, 0.1) is 17.2 Å². The Hall–Kier alpha value is -1.33. The van der Waals surface area contributed by atoms with E-state index in [4.69, 9.17) is 5.26 Å². The Morgan fingerprint density at radius 3 is 2.58 bits per heavy atom. The van der Waals surface area contributed by atoms with Crippen LogP contribution < -0.4 is 5.32 Å². The summed E-state index contributed by atoms with van der Waals surface area (Å²) in [6, 6.07) is 12.7. The van der Waals surface area contributed by atoms with Crippen molar-refractivity contribution < 1.29 is 0 Å². The smallest absolute Gasteiger partial charge is 0.0782 e. The van der Waals surface area contributed by atoms with Gasteiger partial charge in [0, 0.05) is 12.6 Å². The van der Waals surface area contributed by atoms with Gasteiger partial charge in [0.1, 0.15) is 0 Å². The van der Waals surface area contributed by atoms with E-state index in [0.29, 0.717) is 0 Å². The van der Waals surface area contributed by atoms with Crippen molar-refractivity contribution in [1.82, 2.24) is 5.32 Å². The number of nitrogens with one attached hydrogen (secondary N) is 1. The van der Waals surface area contributed by atoms with Crippen LogP contribution in [0.4, 0.5) is 0 Å². The van der Waals surface area contributed by atoms with Crippen molar-refractivity contribution in [3.63, 3.8) is 0 Å². The Kier molecular flexibility index (Phi) is 1.81. The van der Waals surface area contributed by atoms with Gasteiger partial charge in [0.15, 0.2) is 0 Å². The van der Waals surface area contributed by atoms with Gasteiger partial charge in [-0.05, 0) is 5.56 Å². The van der Waals surface area contributed by atoms with Gasteiger partial charge in [0.25, 0.3) is 0 Å². The van der Waals surface area contributed by atoms with Gasteiger partial charge in [-0.3, -0.25) is 0 Å². The molecule has 0 amide bonds. The molecule has 1 aromatic carbocycles. The second kappa shape index (κ2) is 2.96. The molecule has 1 fully saturated rings. The summed E-state index contributed by atoms with van der Waals surface area (Å²) in [7, 11) is 0. The predicted molar refractivity (Wildman–Crippen MR) is 46.3 cm³/mol. The molecule has 1 aliphatic heterocycles. The monoisotopic (exact) mass is 158 g/mol. The lowest BCUT2D eigenvalue weighted by Crippen LogP contribution is -2.44. The summed E-state index contributed by atoms with van der Waals surface area (Å²) in [5, 5.41) is 12.0. The molecule has 0 spiro atoms. The maximum atomic E-state index is 8.73. The highest BCUT2D eigenvalue weighted by molar-refractivity contribution is 5.24. The third-order valence-corrected chi connectivity index (χ3v) is 2.28. The number of hydrogen-bond acceptors (Lipinski definition) is 2. The van der Waals surface area contributed by atoms with Crippen LogP contribution in [0.1, 0.15) is 11.6 Å². The molecule has 1 aromatic rings. The summed E-state index contributed by atoms with van der Waals surface area (Å²) in [6.07, 6.45) is 0. The lowest BCUT2D eigenvalue weighted by molar-refractivity contribution is 0.299. The first-order chi connectivity index (χ1) is 5.92. The fourth-order valence-corrected chi connectivity index (χ4v) is 1.48. The topological polar surface area (TPSA) is 35.8 Å². The molecular weight excluding hydrogens is 148 g/mol. The normalized spacial score (nSPS) is 27.2. The Morgan fingerprint density at radius 2 is 2.08 bits per heavy atom. The zero-order chi connectivity index (χ0) is 8.39. The van der Waals surface area contributed by atoms with Gasteiger partial charge in [-0.15, -0.1) is 0 Å². The van der Waals surface area contributed by atoms with Crippen molar-refractivity contribution in [2.75, 3.05) is 6.54 Å². The molecule has 1 unspecified atom stereocenters. The van der Waals surface area contributed by atoms with Gasteiger partial charge in [0.2, 0.25) is 0 Å². The van der Waals surface area contributed by atoms with E-state index in [2.05, 4.69) is 23.5 Å². The highest BCUT2D eigenvalue weighted by atomic mass is 15.0. The predicted octanol–water partition coefficient (Wildman–Crippen LogP) is 1.47. The van der Waals surface area contributed by atoms with E-state index in [9.17, 15) is 0 Å². The largest absolute Gasteiger partial charge is 0.307 e. The second-order valence-electron chi connectivity index (χ2n) is 3.03. The molecule has 1 saturated heterocycles.